The molecule has 9 heteroatoms. The minimum absolute atomic E-state index is 0.0526. The van der Waals surface area contributed by atoms with E-state index in [-0.39, 0.29) is 11.7 Å². The quantitative estimate of drug-likeness (QED) is 0.453. The Hall–Kier alpha value is -3.46. The normalized spacial score (nSPS) is 15.9. The van der Waals surface area contributed by atoms with E-state index in [0.29, 0.717) is 42.4 Å². The Labute approximate surface area is 191 Å². The lowest BCUT2D eigenvalue weighted by Crippen LogP contribution is -2.42. The molecule has 1 saturated heterocycles. The van der Waals surface area contributed by atoms with E-state index in [1.807, 2.05) is 49.5 Å². The largest absolute Gasteiger partial charge is 0.375 e. The van der Waals surface area contributed by atoms with Crippen LogP contribution >= 0.6 is 0 Å². The van der Waals surface area contributed by atoms with E-state index in [9.17, 15) is 8.78 Å². The van der Waals surface area contributed by atoms with Gasteiger partial charge in [0.25, 0.3) is 0 Å². The summed E-state index contributed by atoms with van der Waals surface area (Å²) in [6, 6.07) is 5.42. The number of aryl methyl sites for hydroxylation is 3. The zero-order valence-corrected chi connectivity index (χ0v) is 19.1. The van der Waals surface area contributed by atoms with E-state index < -0.39 is 11.6 Å². The monoisotopic (exact) mass is 452 g/mol. The number of rotatable bonds is 2. The molecule has 1 fully saturated rings. The number of hydrogen-bond acceptors (Lipinski definition) is 6. The Kier molecular flexibility index (Phi) is 6.60. The van der Waals surface area contributed by atoms with Crippen molar-refractivity contribution in [1.29, 1.82) is 0 Å². The molecule has 7 nitrogen and oxygen atoms in total. The number of aromatic nitrogens is 5. The fourth-order valence-corrected chi connectivity index (χ4v) is 3.59. The average molecular weight is 453 g/mol. The first-order chi connectivity index (χ1) is 15.8. The Morgan fingerprint density at radius 1 is 1.09 bits per heavy atom. The number of ether oxygens (including phenoxy) is 1. The van der Waals surface area contributed by atoms with Crippen molar-refractivity contribution < 1.29 is 13.5 Å². The fourth-order valence-electron chi connectivity index (χ4n) is 3.59. The smallest absolute Gasteiger partial charge is 0.228 e. The van der Waals surface area contributed by atoms with Gasteiger partial charge in [0.15, 0.2) is 5.65 Å². The number of pyridine rings is 1. The summed E-state index contributed by atoms with van der Waals surface area (Å²) >= 11 is 0. The Morgan fingerprint density at radius 3 is 2.55 bits per heavy atom. The highest BCUT2D eigenvalue weighted by molar-refractivity contribution is 5.92. The summed E-state index contributed by atoms with van der Waals surface area (Å²) in [4.78, 5) is 19.6. The van der Waals surface area contributed by atoms with E-state index in [1.165, 1.54) is 12.1 Å². The van der Waals surface area contributed by atoms with Crippen LogP contribution in [0.15, 0.2) is 43.0 Å². The van der Waals surface area contributed by atoms with Crippen molar-refractivity contribution in [2.24, 2.45) is 7.05 Å². The average Bonchev–Trinajstić information content (AvgIpc) is 3.26. The molecule has 33 heavy (non-hydrogen) atoms. The van der Waals surface area contributed by atoms with Gasteiger partial charge in [-0.2, -0.15) is 4.98 Å². The van der Waals surface area contributed by atoms with E-state index in [2.05, 4.69) is 19.9 Å². The summed E-state index contributed by atoms with van der Waals surface area (Å²) < 4.78 is 35.4. The van der Waals surface area contributed by atoms with Crippen LogP contribution in [-0.2, 0) is 11.8 Å². The van der Waals surface area contributed by atoms with Crippen LogP contribution in [0.1, 0.15) is 18.2 Å². The third-order valence-corrected chi connectivity index (χ3v) is 5.47. The van der Waals surface area contributed by atoms with Gasteiger partial charge >= 0.3 is 0 Å². The minimum atomic E-state index is -0.658. The van der Waals surface area contributed by atoms with Crippen molar-refractivity contribution in [3.8, 4) is 11.3 Å². The number of morpholine rings is 1. The van der Waals surface area contributed by atoms with Crippen molar-refractivity contribution in [2.75, 3.05) is 24.6 Å². The zero-order chi connectivity index (χ0) is 23.5. The lowest BCUT2D eigenvalue weighted by Gasteiger charge is -2.31. The molecule has 0 amide bonds. The first kappa shape index (κ1) is 22.7. The van der Waals surface area contributed by atoms with Gasteiger partial charge in [-0.1, -0.05) is 0 Å². The molecule has 1 aromatic carbocycles. The summed E-state index contributed by atoms with van der Waals surface area (Å²) in [5.74, 6) is -0.802. The summed E-state index contributed by atoms with van der Waals surface area (Å²) in [6.07, 6.45) is 5.44. The van der Waals surface area contributed by atoms with Gasteiger partial charge in [0.2, 0.25) is 5.95 Å². The molecule has 0 saturated carbocycles. The number of nitrogens with zero attached hydrogens (tertiary/aromatic N) is 6. The van der Waals surface area contributed by atoms with E-state index in [0.717, 1.165) is 17.3 Å². The molecular formula is C24H26F2N6O. The maximum atomic E-state index is 14.5. The highest BCUT2D eigenvalue weighted by Crippen LogP contribution is 2.31. The molecule has 3 aromatic heterocycles. The molecule has 1 aliphatic heterocycles. The van der Waals surface area contributed by atoms with Gasteiger partial charge < -0.3 is 14.2 Å². The van der Waals surface area contributed by atoms with Crippen molar-refractivity contribution >= 4 is 17.0 Å². The predicted octanol–water partition coefficient (Wildman–Crippen LogP) is 4.23. The molecule has 0 unspecified atom stereocenters. The fraction of sp³-hybridized carbons (Fsp3) is 0.333. The number of fused-ring (bicyclic) bond motifs is 1. The number of halogens is 2. The van der Waals surface area contributed by atoms with Crippen molar-refractivity contribution in [3.05, 3.63) is 65.9 Å². The van der Waals surface area contributed by atoms with Gasteiger partial charge in [-0.05, 0) is 44.5 Å². The number of benzene rings is 1. The Morgan fingerprint density at radius 2 is 1.91 bits per heavy atom. The minimum Gasteiger partial charge on any atom is -0.375 e. The van der Waals surface area contributed by atoms with Gasteiger partial charge in [0.1, 0.15) is 11.6 Å². The Bertz CT molecular complexity index is 1260. The summed E-state index contributed by atoms with van der Waals surface area (Å²) in [6.45, 7) is 7.69. The number of anilines is 1. The van der Waals surface area contributed by atoms with Crippen LogP contribution in [0.3, 0.4) is 0 Å². The summed E-state index contributed by atoms with van der Waals surface area (Å²) in [5.41, 5.74) is 2.97. The molecular weight excluding hydrogens is 426 g/mol. The van der Waals surface area contributed by atoms with Crippen molar-refractivity contribution in [1.82, 2.24) is 24.5 Å². The molecule has 5 rings (SSSR count). The van der Waals surface area contributed by atoms with Crippen LogP contribution in [-0.4, -0.2) is 50.3 Å². The van der Waals surface area contributed by atoms with Crippen LogP contribution in [0.2, 0.25) is 0 Å². The Balaban J connectivity index is 0.000000376. The SMILES string of the molecule is Cc1cc2c(-c3ccc(F)cc3F)nc(N3CCO[C@@H](C)C3)nc2nc1C.Cn1ccnc1. The third kappa shape index (κ3) is 5.14. The molecule has 172 valence electrons. The summed E-state index contributed by atoms with van der Waals surface area (Å²) in [7, 11) is 1.94. The van der Waals surface area contributed by atoms with Crippen LogP contribution in [0, 0.1) is 25.5 Å². The first-order valence-corrected chi connectivity index (χ1v) is 10.7. The molecule has 0 aliphatic carbocycles. The van der Waals surface area contributed by atoms with Crippen LogP contribution in [0.25, 0.3) is 22.3 Å². The highest BCUT2D eigenvalue weighted by atomic mass is 19.1. The van der Waals surface area contributed by atoms with Gasteiger partial charge in [-0.25, -0.2) is 23.7 Å². The lowest BCUT2D eigenvalue weighted by molar-refractivity contribution is 0.0526. The van der Waals surface area contributed by atoms with E-state index in [4.69, 9.17) is 4.74 Å². The maximum Gasteiger partial charge on any atom is 0.228 e. The second-order valence-corrected chi connectivity index (χ2v) is 8.11. The van der Waals surface area contributed by atoms with Crippen molar-refractivity contribution in [3.63, 3.8) is 0 Å². The standard InChI is InChI=1S/C20H20F2N4O.C4H6N2/c1-11-8-16-18(15-5-4-14(21)9-17(15)22)24-20(25-19(16)23-13(11)3)26-6-7-27-12(2)10-26;1-6-3-2-5-4-6/h4-5,8-9,12H,6-7,10H2,1-3H3;2-4H,1H3/t12-;/m0./s1. The molecule has 4 aromatic rings. The first-order valence-electron chi connectivity index (χ1n) is 10.7. The van der Waals surface area contributed by atoms with Crippen molar-refractivity contribution in [2.45, 2.75) is 26.9 Å². The highest BCUT2D eigenvalue weighted by Gasteiger charge is 2.22. The topological polar surface area (TPSA) is 69.0 Å². The second-order valence-electron chi connectivity index (χ2n) is 8.11. The number of imidazole rings is 1. The van der Waals surface area contributed by atoms with Gasteiger partial charge in [-0.15, -0.1) is 0 Å². The molecule has 0 N–H and O–H groups in total. The predicted molar refractivity (Wildman–Crippen MR) is 123 cm³/mol. The van der Waals surface area contributed by atoms with Crippen LogP contribution in [0.4, 0.5) is 14.7 Å². The van der Waals surface area contributed by atoms with Crippen LogP contribution < -0.4 is 4.90 Å². The van der Waals surface area contributed by atoms with Gasteiger partial charge in [-0.3, -0.25) is 0 Å². The lowest BCUT2D eigenvalue weighted by atomic mass is 10.1. The second kappa shape index (κ2) is 9.58. The molecule has 4 heterocycles. The van der Waals surface area contributed by atoms with E-state index in [1.54, 1.807) is 12.5 Å². The number of hydrogen-bond donors (Lipinski definition) is 0. The van der Waals surface area contributed by atoms with E-state index >= 15 is 0 Å². The van der Waals surface area contributed by atoms with Gasteiger partial charge in [0, 0.05) is 55.2 Å². The molecule has 0 spiro atoms. The third-order valence-electron chi connectivity index (χ3n) is 5.47. The van der Waals surface area contributed by atoms with Crippen LogP contribution in [0.5, 0.6) is 0 Å². The van der Waals surface area contributed by atoms with Gasteiger partial charge in [0.05, 0.1) is 24.7 Å². The molecule has 1 atom stereocenters. The molecule has 0 radical (unpaired) electrons. The zero-order valence-electron chi connectivity index (χ0n) is 19.1. The molecule has 1 aliphatic rings. The summed E-state index contributed by atoms with van der Waals surface area (Å²) in [5, 5.41) is 0.647. The maximum absolute atomic E-state index is 14.5. The molecule has 0 bridgehead atoms.